The van der Waals surface area contributed by atoms with Gasteiger partial charge in [0.25, 0.3) is 11.6 Å². The van der Waals surface area contributed by atoms with Gasteiger partial charge in [-0.1, -0.05) is 12.1 Å². The monoisotopic (exact) mass is 391 g/mol. The molecule has 2 aromatic carbocycles. The van der Waals surface area contributed by atoms with Crippen molar-refractivity contribution in [2.45, 2.75) is 13.8 Å². The summed E-state index contributed by atoms with van der Waals surface area (Å²) in [5.74, 6) is 0.742. The van der Waals surface area contributed by atoms with Gasteiger partial charge in [-0.05, 0) is 38.1 Å². The van der Waals surface area contributed by atoms with E-state index >= 15 is 0 Å². The first-order chi connectivity index (χ1) is 13.9. The summed E-state index contributed by atoms with van der Waals surface area (Å²) in [6, 6.07) is 12.3. The minimum absolute atomic E-state index is 0.0247. The zero-order chi connectivity index (χ0) is 20.5. The molecule has 2 heterocycles. The molecule has 0 spiro atoms. The second kappa shape index (κ2) is 7.46. The average Bonchev–Trinajstić information content (AvgIpc) is 2.72. The van der Waals surface area contributed by atoms with Crippen LogP contribution >= 0.6 is 0 Å². The van der Waals surface area contributed by atoms with E-state index in [2.05, 4.69) is 9.88 Å². The fourth-order valence-electron chi connectivity index (χ4n) is 3.68. The summed E-state index contributed by atoms with van der Waals surface area (Å²) in [6.07, 6.45) is 0. The average molecular weight is 391 g/mol. The van der Waals surface area contributed by atoms with Crippen LogP contribution < -0.4 is 4.90 Å². The number of piperazine rings is 1. The Labute approximate surface area is 167 Å². The SMILES string of the molecule is Cc1cc(C(=O)N2CCN(c3nc4ccccc4nc3C)CC2)ccc1[N+](=O)[O-]. The van der Waals surface area contributed by atoms with Crippen molar-refractivity contribution < 1.29 is 9.72 Å². The van der Waals surface area contributed by atoms with E-state index in [1.54, 1.807) is 17.9 Å². The van der Waals surface area contributed by atoms with Gasteiger partial charge in [0.1, 0.15) is 0 Å². The number of carbonyl (C=O) groups is 1. The van der Waals surface area contributed by atoms with Crippen molar-refractivity contribution in [3.63, 3.8) is 0 Å². The van der Waals surface area contributed by atoms with Gasteiger partial charge >= 0.3 is 0 Å². The summed E-state index contributed by atoms with van der Waals surface area (Å²) >= 11 is 0. The normalized spacial score (nSPS) is 14.3. The Kier molecular flexibility index (Phi) is 4.84. The van der Waals surface area contributed by atoms with Crippen molar-refractivity contribution in [2.75, 3.05) is 31.1 Å². The molecule has 1 amide bonds. The highest BCUT2D eigenvalue weighted by Gasteiger charge is 2.25. The van der Waals surface area contributed by atoms with Gasteiger partial charge in [0.15, 0.2) is 5.82 Å². The third kappa shape index (κ3) is 3.61. The molecule has 1 aromatic heterocycles. The Morgan fingerprint density at radius 3 is 2.28 bits per heavy atom. The number of benzene rings is 2. The van der Waals surface area contributed by atoms with Crippen LogP contribution in [0.2, 0.25) is 0 Å². The van der Waals surface area contributed by atoms with Gasteiger partial charge in [-0.3, -0.25) is 14.9 Å². The molecule has 0 N–H and O–H groups in total. The zero-order valence-electron chi connectivity index (χ0n) is 16.3. The summed E-state index contributed by atoms with van der Waals surface area (Å²) in [4.78, 5) is 36.7. The Balaban J connectivity index is 1.48. The lowest BCUT2D eigenvalue weighted by Gasteiger charge is -2.36. The van der Waals surface area contributed by atoms with E-state index in [9.17, 15) is 14.9 Å². The summed E-state index contributed by atoms with van der Waals surface area (Å²) in [5.41, 5.74) is 3.58. The summed E-state index contributed by atoms with van der Waals surface area (Å²) in [7, 11) is 0. The first kappa shape index (κ1) is 18.8. The van der Waals surface area contributed by atoms with Gasteiger partial charge in [-0.2, -0.15) is 0 Å². The van der Waals surface area contributed by atoms with Crippen molar-refractivity contribution in [2.24, 2.45) is 0 Å². The summed E-state index contributed by atoms with van der Waals surface area (Å²) in [5, 5.41) is 11.0. The molecule has 8 nitrogen and oxygen atoms in total. The van der Waals surface area contributed by atoms with Crippen molar-refractivity contribution in [3.05, 3.63) is 69.4 Å². The number of nitrogens with zero attached hydrogens (tertiary/aromatic N) is 5. The number of hydrogen-bond donors (Lipinski definition) is 0. The van der Waals surface area contributed by atoms with Crippen molar-refractivity contribution in [3.8, 4) is 0 Å². The summed E-state index contributed by atoms with van der Waals surface area (Å²) in [6.45, 7) is 6.03. The van der Waals surface area contributed by atoms with Crippen LogP contribution in [0.15, 0.2) is 42.5 Å². The van der Waals surface area contributed by atoms with E-state index in [1.807, 2.05) is 31.2 Å². The first-order valence-corrected chi connectivity index (χ1v) is 9.46. The molecule has 29 heavy (non-hydrogen) atoms. The molecule has 0 saturated carbocycles. The minimum Gasteiger partial charge on any atom is -0.352 e. The molecule has 4 rings (SSSR count). The molecule has 148 valence electrons. The molecule has 0 aliphatic carbocycles. The Morgan fingerprint density at radius 2 is 1.66 bits per heavy atom. The number of carbonyl (C=O) groups excluding carboxylic acids is 1. The Morgan fingerprint density at radius 1 is 1.00 bits per heavy atom. The first-order valence-electron chi connectivity index (χ1n) is 9.46. The van der Waals surface area contributed by atoms with E-state index in [1.165, 1.54) is 12.1 Å². The molecule has 0 radical (unpaired) electrons. The summed E-state index contributed by atoms with van der Waals surface area (Å²) < 4.78 is 0. The molecule has 3 aromatic rings. The topological polar surface area (TPSA) is 92.5 Å². The van der Waals surface area contributed by atoms with Crippen molar-refractivity contribution in [1.29, 1.82) is 0 Å². The molecule has 0 atom stereocenters. The molecular weight excluding hydrogens is 370 g/mol. The Bertz CT molecular complexity index is 1110. The molecule has 8 heteroatoms. The van der Waals surface area contributed by atoms with Crippen molar-refractivity contribution in [1.82, 2.24) is 14.9 Å². The standard InChI is InChI=1S/C21H21N5O3/c1-14-13-16(7-8-19(14)26(28)29)21(27)25-11-9-24(10-12-25)20-15(2)22-17-5-3-4-6-18(17)23-20/h3-8,13H,9-12H2,1-2H3. The second-order valence-electron chi connectivity index (χ2n) is 7.16. The molecule has 0 unspecified atom stereocenters. The molecule has 1 saturated heterocycles. The molecule has 1 aliphatic heterocycles. The number of aryl methyl sites for hydroxylation is 2. The van der Waals surface area contributed by atoms with Crippen LogP contribution in [0.3, 0.4) is 0 Å². The number of nitro benzene ring substituents is 1. The number of rotatable bonds is 3. The fourth-order valence-corrected chi connectivity index (χ4v) is 3.68. The third-order valence-corrected chi connectivity index (χ3v) is 5.23. The van der Waals surface area contributed by atoms with Crippen LogP contribution in [0.5, 0.6) is 0 Å². The Hall–Kier alpha value is -3.55. The van der Waals surface area contributed by atoms with Gasteiger partial charge in [0.05, 0.1) is 21.7 Å². The number of para-hydroxylation sites is 2. The van der Waals surface area contributed by atoms with Crippen LogP contribution in [0.1, 0.15) is 21.6 Å². The highest BCUT2D eigenvalue weighted by molar-refractivity contribution is 5.95. The van der Waals surface area contributed by atoms with E-state index in [4.69, 9.17) is 4.98 Å². The smallest absolute Gasteiger partial charge is 0.272 e. The number of aromatic nitrogens is 2. The van der Waals surface area contributed by atoms with Crippen LogP contribution in [0.25, 0.3) is 11.0 Å². The minimum atomic E-state index is -0.435. The highest BCUT2D eigenvalue weighted by Crippen LogP contribution is 2.23. The van der Waals surface area contributed by atoms with Gasteiger partial charge < -0.3 is 9.80 Å². The van der Waals surface area contributed by atoms with Crippen molar-refractivity contribution >= 4 is 28.4 Å². The van der Waals surface area contributed by atoms with E-state index in [0.29, 0.717) is 37.3 Å². The maximum atomic E-state index is 12.8. The lowest BCUT2D eigenvalue weighted by molar-refractivity contribution is -0.385. The quantitative estimate of drug-likeness (QED) is 0.503. The number of hydrogen-bond acceptors (Lipinski definition) is 6. The lowest BCUT2D eigenvalue weighted by atomic mass is 10.1. The largest absolute Gasteiger partial charge is 0.352 e. The van der Waals surface area contributed by atoms with E-state index in [0.717, 1.165) is 22.5 Å². The molecule has 1 aliphatic rings. The van der Waals surface area contributed by atoms with Gasteiger partial charge in [-0.15, -0.1) is 0 Å². The number of fused-ring (bicyclic) bond motifs is 1. The molecule has 0 bridgehead atoms. The zero-order valence-corrected chi connectivity index (χ0v) is 16.3. The second-order valence-corrected chi connectivity index (χ2v) is 7.16. The van der Waals surface area contributed by atoms with E-state index in [-0.39, 0.29) is 11.6 Å². The molecule has 1 fully saturated rings. The fraction of sp³-hybridized carbons (Fsp3) is 0.286. The van der Waals surface area contributed by atoms with E-state index < -0.39 is 4.92 Å². The predicted octanol–water partition coefficient (Wildman–Crippen LogP) is 3.12. The van der Waals surface area contributed by atoms with Gasteiger partial charge in [-0.25, -0.2) is 9.97 Å². The van der Waals surface area contributed by atoms with Crippen LogP contribution in [-0.2, 0) is 0 Å². The third-order valence-electron chi connectivity index (χ3n) is 5.23. The van der Waals surface area contributed by atoms with Gasteiger partial charge in [0, 0.05) is 43.4 Å². The van der Waals surface area contributed by atoms with Gasteiger partial charge in [0.2, 0.25) is 0 Å². The maximum Gasteiger partial charge on any atom is 0.272 e. The number of amides is 1. The predicted molar refractivity (Wildman–Crippen MR) is 110 cm³/mol. The number of nitro groups is 1. The highest BCUT2D eigenvalue weighted by atomic mass is 16.6. The van der Waals surface area contributed by atoms with Crippen LogP contribution in [0, 0.1) is 24.0 Å². The number of anilines is 1. The lowest BCUT2D eigenvalue weighted by Crippen LogP contribution is -2.49. The van der Waals surface area contributed by atoms with Crippen LogP contribution in [-0.4, -0.2) is 51.9 Å². The van der Waals surface area contributed by atoms with Crippen LogP contribution in [0.4, 0.5) is 11.5 Å². The molecular formula is C21H21N5O3. The maximum absolute atomic E-state index is 12.8.